The van der Waals surface area contributed by atoms with Crippen LogP contribution in [0.25, 0.3) is 0 Å². The Morgan fingerprint density at radius 2 is 1.32 bits per heavy atom. The van der Waals surface area contributed by atoms with E-state index in [2.05, 4.69) is 0 Å². The highest BCUT2D eigenvalue weighted by Gasteiger charge is 2.28. The highest BCUT2D eigenvalue weighted by Crippen LogP contribution is 2.07. The van der Waals surface area contributed by atoms with E-state index in [0.717, 1.165) is 5.56 Å². The molecule has 1 unspecified atom stereocenters. The number of benzene rings is 1. The Labute approximate surface area is 197 Å². The van der Waals surface area contributed by atoms with E-state index in [1.807, 2.05) is 30.3 Å². The molecular weight excluding hydrogens is 450 g/mol. The minimum Gasteiger partial charge on any atom is -0.480 e. The molecule has 12 nitrogen and oxygen atoms in total. The molecule has 0 heterocycles. The molecule has 0 aromatic heterocycles. The van der Waals surface area contributed by atoms with Crippen molar-refractivity contribution in [2.45, 2.75) is 19.6 Å². The van der Waals surface area contributed by atoms with Crippen molar-refractivity contribution in [2.24, 2.45) is 0 Å². The highest BCUT2D eigenvalue weighted by atomic mass is 16.5. The molecule has 0 aliphatic heterocycles. The number of hydrogen-bond donors (Lipinski definition) is 4. The molecule has 0 fully saturated rings. The number of hydrogen-bond acceptors (Lipinski definition) is 8. The summed E-state index contributed by atoms with van der Waals surface area (Å²) in [5, 5.41) is 37.1. The Morgan fingerprint density at radius 3 is 1.85 bits per heavy atom. The fourth-order valence-electron chi connectivity index (χ4n) is 3.27. The van der Waals surface area contributed by atoms with Gasteiger partial charge in [-0.1, -0.05) is 37.3 Å². The maximum Gasteiger partial charge on any atom is 0.323 e. The molecule has 0 aliphatic rings. The van der Waals surface area contributed by atoms with Gasteiger partial charge in [-0.25, -0.2) is 0 Å². The zero-order valence-corrected chi connectivity index (χ0v) is 19.2. The van der Waals surface area contributed by atoms with E-state index in [9.17, 15) is 34.5 Å². The summed E-state index contributed by atoms with van der Waals surface area (Å²) in [6.07, 6.45) is 0. The molecule has 0 saturated carbocycles. The van der Waals surface area contributed by atoms with Crippen LogP contribution in [-0.2, 0) is 30.5 Å². The lowest BCUT2D eigenvalue weighted by molar-refractivity contribution is -0.149. The molecule has 0 aliphatic carbocycles. The molecule has 34 heavy (non-hydrogen) atoms. The van der Waals surface area contributed by atoms with Crippen LogP contribution in [0.3, 0.4) is 0 Å². The van der Waals surface area contributed by atoms with Gasteiger partial charge in [0.25, 0.3) is 0 Å². The SMILES string of the molecule is CCN(CCN(CCN(CC(=O)O)C(COCc1ccccc1)C(=O)O)CC(=O)O)CC(=O)O. The van der Waals surface area contributed by atoms with Crippen molar-refractivity contribution in [3.8, 4) is 0 Å². The van der Waals surface area contributed by atoms with Gasteiger partial charge in [0, 0.05) is 26.2 Å². The summed E-state index contributed by atoms with van der Waals surface area (Å²) in [6.45, 7) is 1.59. The van der Waals surface area contributed by atoms with E-state index in [-0.39, 0.29) is 52.5 Å². The quantitative estimate of drug-likeness (QED) is 0.205. The van der Waals surface area contributed by atoms with E-state index in [1.165, 1.54) is 9.80 Å². The maximum absolute atomic E-state index is 11.9. The van der Waals surface area contributed by atoms with Gasteiger partial charge < -0.3 is 25.2 Å². The number of carbonyl (C=O) groups is 4. The van der Waals surface area contributed by atoms with Crippen molar-refractivity contribution in [1.82, 2.24) is 14.7 Å². The molecule has 1 rings (SSSR count). The summed E-state index contributed by atoms with van der Waals surface area (Å²) in [7, 11) is 0. The average molecular weight is 484 g/mol. The second-order valence-corrected chi connectivity index (χ2v) is 7.65. The fraction of sp³-hybridized carbons (Fsp3) is 0.545. The Kier molecular flexibility index (Phi) is 13.4. The average Bonchev–Trinajstić information content (AvgIpc) is 2.76. The smallest absolute Gasteiger partial charge is 0.323 e. The van der Waals surface area contributed by atoms with Crippen LogP contribution in [0.5, 0.6) is 0 Å². The standard InChI is InChI=1S/C22H33N3O9/c1-2-23(12-19(26)27)8-9-24(13-20(28)29)10-11-25(14-21(30)31)18(22(32)33)16-34-15-17-6-4-3-5-7-17/h3-7,18H,2,8-16H2,1H3,(H,26,27)(H,28,29)(H,30,31)(H,32,33). The number of carboxylic acids is 4. The Morgan fingerprint density at radius 1 is 0.794 bits per heavy atom. The van der Waals surface area contributed by atoms with Crippen molar-refractivity contribution >= 4 is 23.9 Å². The maximum atomic E-state index is 11.9. The van der Waals surface area contributed by atoms with Gasteiger partial charge in [0.05, 0.1) is 32.8 Å². The zero-order valence-electron chi connectivity index (χ0n) is 19.2. The van der Waals surface area contributed by atoms with Crippen LogP contribution in [0.1, 0.15) is 12.5 Å². The predicted octanol–water partition coefficient (Wildman–Crippen LogP) is -0.164. The zero-order chi connectivity index (χ0) is 25.5. The largest absolute Gasteiger partial charge is 0.480 e. The third-order valence-corrected chi connectivity index (χ3v) is 5.05. The fourth-order valence-corrected chi connectivity index (χ4v) is 3.27. The lowest BCUT2D eigenvalue weighted by Gasteiger charge is -2.30. The van der Waals surface area contributed by atoms with Gasteiger partial charge in [-0.3, -0.25) is 33.9 Å². The Balaban J connectivity index is 2.80. The highest BCUT2D eigenvalue weighted by molar-refractivity contribution is 5.75. The predicted molar refractivity (Wildman–Crippen MR) is 121 cm³/mol. The van der Waals surface area contributed by atoms with Gasteiger partial charge in [-0.2, -0.15) is 0 Å². The van der Waals surface area contributed by atoms with Crippen LogP contribution in [0.15, 0.2) is 30.3 Å². The molecule has 0 saturated heterocycles. The molecular formula is C22H33N3O9. The van der Waals surface area contributed by atoms with E-state index in [0.29, 0.717) is 6.54 Å². The lowest BCUT2D eigenvalue weighted by atomic mass is 10.2. The molecule has 4 N–H and O–H groups in total. The Bertz CT molecular complexity index is 791. The monoisotopic (exact) mass is 483 g/mol. The first-order valence-corrected chi connectivity index (χ1v) is 10.8. The van der Waals surface area contributed by atoms with E-state index in [1.54, 1.807) is 11.8 Å². The van der Waals surface area contributed by atoms with Gasteiger partial charge >= 0.3 is 23.9 Å². The molecule has 1 aromatic rings. The van der Waals surface area contributed by atoms with Crippen LogP contribution in [0, 0.1) is 0 Å². The molecule has 0 radical (unpaired) electrons. The van der Waals surface area contributed by atoms with Gasteiger partial charge in [0.1, 0.15) is 6.04 Å². The molecule has 12 heteroatoms. The van der Waals surface area contributed by atoms with Crippen LogP contribution >= 0.6 is 0 Å². The summed E-state index contributed by atoms with van der Waals surface area (Å²) in [6, 6.07) is 7.86. The van der Waals surface area contributed by atoms with Crippen LogP contribution in [-0.4, -0.2) is 124 Å². The van der Waals surface area contributed by atoms with Crippen LogP contribution in [0.4, 0.5) is 0 Å². The third-order valence-electron chi connectivity index (χ3n) is 5.05. The van der Waals surface area contributed by atoms with Gasteiger partial charge in [0.15, 0.2) is 0 Å². The van der Waals surface area contributed by atoms with Crippen molar-refractivity contribution in [3.05, 3.63) is 35.9 Å². The first-order valence-electron chi connectivity index (χ1n) is 10.8. The number of likely N-dealkylation sites (N-methyl/N-ethyl adjacent to an activating group) is 1. The summed E-state index contributed by atoms with van der Waals surface area (Å²) in [4.78, 5) is 49.8. The van der Waals surface area contributed by atoms with Crippen molar-refractivity contribution in [3.63, 3.8) is 0 Å². The summed E-state index contributed by atoms with van der Waals surface area (Å²) in [5.41, 5.74) is 0.839. The molecule has 1 aromatic carbocycles. The number of nitrogens with zero attached hydrogens (tertiary/aromatic N) is 3. The molecule has 1 atom stereocenters. The molecule has 0 spiro atoms. The van der Waals surface area contributed by atoms with E-state index < -0.39 is 36.5 Å². The van der Waals surface area contributed by atoms with Gasteiger partial charge in [-0.15, -0.1) is 0 Å². The van der Waals surface area contributed by atoms with E-state index >= 15 is 0 Å². The van der Waals surface area contributed by atoms with Crippen molar-refractivity contribution in [1.29, 1.82) is 0 Å². The summed E-state index contributed by atoms with van der Waals surface area (Å²) >= 11 is 0. The minimum absolute atomic E-state index is 0.0314. The molecule has 0 bridgehead atoms. The first-order chi connectivity index (χ1) is 16.1. The van der Waals surface area contributed by atoms with Crippen LogP contribution in [0.2, 0.25) is 0 Å². The first kappa shape index (κ1) is 29.0. The van der Waals surface area contributed by atoms with Gasteiger partial charge in [0.2, 0.25) is 0 Å². The summed E-state index contributed by atoms with van der Waals surface area (Å²) in [5.74, 6) is -4.58. The van der Waals surface area contributed by atoms with Gasteiger partial charge in [-0.05, 0) is 12.1 Å². The number of aliphatic carboxylic acids is 4. The normalized spacial score (nSPS) is 12.2. The molecule has 190 valence electrons. The van der Waals surface area contributed by atoms with Crippen molar-refractivity contribution < 1.29 is 44.3 Å². The third kappa shape index (κ3) is 12.3. The number of carboxylic acid groups (broad SMARTS) is 4. The minimum atomic E-state index is -1.25. The second kappa shape index (κ2) is 15.7. The lowest BCUT2D eigenvalue weighted by Crippen LogP contribution is -2.50. The molecule has 0 amide bonds. The Hall–Kier alpha value is -3.06. The topological polar surface area (TPSA) is 168 Å². The van der Waals surface area contributed by atoms with Crippen molar-refractivity contribution in [2.75, 3.05) is 59.0 Å². The number of ether oxygens (including phenoxy) is 1. The second-order valence-electron chi connectivity index (χ2n) is 7.65. The van der Waals surface area contributed by atoms with E-state index in [4.69, 9.17) is 9.84 Å². The number of rotatable bonds is 19. The van der Waals surface area contributed by atoms with Crippen LogP contribution < -0.4 is 0 Å². The summed E-state index contributed by atoms with van der Waals surface area (Å²) < 4.78 is 5.52.